The standard InChI is InChI=1S/C18H18BrClN2O2/c1-3-22(4-2)18(24)12-5-8-14(9-6-12)21-17(23)15-11-13(19)7-10-16(15)20/h5-11H,3-4H2,1-2H3,(H,21,23). The van der Waals surface area contributed by atoms with Crippen molar-refractivity contribution in [2.75, 3.05) is 18.4 Å². The van der Waals surface area contributed by atoms with Gasteiger partial charge in [-0.1, -0.05) is 27.5 Å². The first-order valence-corrected chi connectivity index (χ1v) is 8.79. The molecule has 0 aliphatic carbocycles. The van der Waals surface area contributed by atoms with E-state index in [1.807, 2.05) is 13.8 Å². The summed E-state index contributed by atoms with van der Waals surface area (Å²) < 4.78 is 0.775. The van der Waals surface area contributed by atoms with Crippen molar-refractivity contribution in [1.29, 1.82) is 0 Å². The van der Waals surface area contributed by atoms with Crippen molar-refractivity contribution in [3.05, 3.63) is 63.1 Å². The van der Waals surface area contributed by atoms with Crippen LogP contribution in [-0.4, -0.2) is 29.8 Å². The molecule has 2 aromatic carbocycles. The minimum atomic E-state index is -0.302. The van der Waals surface area contributed by atoms with E-state index in [2.05, 4.69) is 21.2 Å². The highest BCUT2D eigenvalue weighted by molar-refractivity contribution is 9.10. The average molecular weight is 410 g/mol. The molecule has 24 heavy (non-hydrogen) atoms. The molecule has 0 heterocycles. The van der Waals surface area contributed by atoms with Crippen LogP contribution in [0.4, 0.5) is 5.69 Å². The normalized spacial score (nSPS) is 10.3. The van der Waals surface area contributed by atoms with Crippen molar-refractivity contribution in [2.24, 2.45) is 0 Å². The van der Waals surface area contributed by atoms with Gasteiger partial charge in [0.05, 0.1) is 10.6 Å². The maximum atomic E-state index is 12.3. The fourth-order valence-corrected chi connectivity index (χ4v) is 2.82. The highest BCUT2D eigenvalue weighted by atomic mass is 79.9. The fraction of sp³-hybridized carbons (Fsp3) is 0.222. The van der Waals surface area contributed by atoms with E-state index >= 15 is 0 Å². The number of hydrogen-bond acceptors (Lipinski definition) is 2. The molecule has 2 amide bonds. The van der Waals surface area contributed by atoms with E-state index in [9.17, 15) is 9.59 Å². The van der Waals surface area contributed by atoms with E-state index in [0.29, 0.717) is 34.9 Å². The summed E-state index contributed by atoms with van der Waals surface area (Å²) in [5.74, 6) is -0.322. The zero-order valence-corrected chi connectivity index (χ0v) is 15.8. The Kier molecular flexibility index (Phi) is 6.40. The topological polar surface area (TPSA) is 49.4 Å². The number of carbonyl (C=O) groups is 2. The smallest absolute Gasteiger partial charge is 0.257 e. The van der Waals surface area contributed by atoms with Gasteiger partial charge in [0.2, 0.25) is 0 Å². The largest absolute Gasteiger partial charge is 0.339 e. The molecule has 2 aromatic rings. The molecule has 126 valence electrons. The maximum Gasteiger partial charge on any atom is 0.257 e. The quantitative estimate of drug-likeness (QED) is 0.768. The van der Waals surface area contributed by atoms with E-state index in [4.69, 9.17) is 11.6 Å². The molecule has 2 rings (SSSR count). The molecule has 0 saturated carbocycles. The van der Waals surface area contributed by atoms with Gasteiger partial charge in [-0.15, -0.1) is 0 Å². The van der Waals surface area contributed by atoms with Crippen LogP contribution >= 0.6 is 27.5 Å². The molecule has 1 N–H and O–H groups in total. The predicted octanol–water partition coefficient (Wildman–Crippen LogP) is 4.84. The second-order valence-corrected chi connectivity index (χ2v) is 6.46. The minimum Gasteiger partial charge on any atom is -0.339 e. The summed E-state index contributed by atoms with van der Waals surface area (Å²) in [6.45, 7) is 5.21. The van der Waals surface area contributed by atoms with Crippen LogP contribution < -0.4 is 5.32 Å². The van der Waals surface area contributed by atoms with Gasteiger partial charge < -0.3 is 10.2 Å². The first-order valence-electron chi connectivity index (χ1n) is 7.62. The summed E-state index contributed by atoms with van der Waals surface area (Å²) in [5.41, 5.74) is 1.58. The number of carbonyl (C=O) groups excluding carboxylic acids is 2. The summed E-state index contributed by atoms with van der Waals surface area (Å²) in [6.07, 6.45) is 0. The second-order valence-electron chi connectivity index (χ2n) is 5.13. The van der Waals surface area contributed by atoms with E-state index in [1.54, 1.807) is 47.4 Å². The molecule has 0 fully saturated rings. The first kappa shape index (κ1) is 18.5. The molecule has 0 spiro atoms. The SMILES string of the molecule is CCN(CC)C(=O)c1ccc(NC(=O)c2cc(Br)ccc2Cl)cc1. The van der Waals surface area contributed by atoms with Crippen LogP contribution in [0.2, 0.25) is 5.02 Å². The van der Waals surface area contributed by atoms with E-state index < -0.39 is 0 Å². The van der Waals surface area contributed by atoms with E-state index in [0.717, 1.165) is 4.47 Å². The number of nitrogens with zero attached hydrogens (tertiary/aromatic N) is 1. The van der Waals surface area contributed by atoms with Crippen LogP contribution in [0.15, 0.2) is 46.9 Å². The van der Waals surface area contributed by atoms with Gasteiger partial charge in [-0.2, -0.15) is 0 Å². The highest BCUT2D eigenvalue weighted by Gasteiger charge is 2.14. The zero-order valence-electron chi connectivity index (χ0n) is 13.5. The number of amides is 2. The van der Waals surface area contributed by atoms with Crippen molar-refractivity contribution in [3.8, 4) is 0 Å². The van der Waals surface area contributed by atoms with Crippen molar-refractivity contribution < 1.29 is 9.59 Å². The molecule has 0 saturated heterocycles. The van der Waals surface area contributed by atoms with Crippen LogP contribution in [0.3, 0.4) is 0 Å². The van der Waals surface area contributed by atoms with Crippen molar-refractivity contribution in [3.63, 3.8) is 0 Å². The number of halogens is 2. The molecule has 0 unspecified atom stereocenters. The average Bonchev–Trinajstić information content (AvgIpc) is 2.58. The van der Waals surface area contributed by atoms with Gasteiger partial charge in [-0.05, 0) is 56.3 Å². The van der Waals surface area contributed by atoms with Gasteiger partial charge in [0.15, 0.2) is 0 Å². The van der Waals surface area contributed by atoms with Gasteiger partial charge in [-0.3, -0.25) is 9.59 Å². The van der Waals surface area contributed by atoms with Crippen LogP contribution in [0.25, 0.3) is 0 Å². The molecule has 0 atom stereocenters. The number of hydrogen-bond donors (Lipinski definition) is 1. The monoisotopic (exact) mass is 408 g/mol. The maximum absolute atomic E-state index is 12.3. The highest BCUT2D eigenvalue weighted by Crippen LogP contribution is 2.22. The fourth-order valence-electron chi connectivity index (χ4n) is 2.26. The Morgan fingerprint density at radius 3 is 2.29 bits per heavy atom. The Hall–Kier alpha value is -1.85. The van der Waals surface area contributed by atoms with Gasteiger partial charge in [-0.25, -0.2) is 0 Å². The Morgan fingerprint density at radius 1 is 1.08 bits per heavy atom. The lowest BCUT2D eigenvalue weighted by Gasteiger charge is -2.18. The van der Waals surface area contributed by atoms with Crippen molar-refractivity contribution >= 4 is 45.0 Å². The van der Waals surface area contributed by atoms with E-state index in [1.165, 1.54) is 0 Å². The lowest BCUT2D eigenvalue weighted by molar-refractivity contribution is 0.0773. The molecule has 0 aromatic heterocycles. The Morgan fingerprint density at radius 2 is 1.71 bits per heavy atom. The third-order valence-corrected chi connectivity index (χ3v) is 4.44. The Balaban J connectivity index is 2.13. The van der Waals surface area contributed by atoms with Gasteiger partial charge in [0, 0.05) is 28.8 Å². The van der Waals surface area contributed by atoms with Crippen molar-refractivity contribution in [1.82, 2.24) is 4.90 Å². The second kappa shape index (κ2) is 8.31. The molecule has 0 aliphatic rings. The first-order chi connectivity index (χ1) is 11.5. The molecule has 0 aliphatic heterocycles. The lowest BCUT2D eigenvalue weighted by atomic mass is 10.1. The third kappa shape index (κ3) is 4.36. The van der Waals surface area contributed by atoms with Crippen LogP contribution in [-0.2, 0) is 0 Å². The lowest BCUT2D eigenvalue weighted by Crippen LogP contribution is -2.30. The molecule has 0 radical (unpaired) electrons. The van der Waals surface area contributed by atoms with Crippen LogP contribution in [0.1, 0.15) is 34.6 Å². The van der Waals surface area contributed by atoms with Gasteiger partial charge >= 0.3 is 0 Å². The number of anilines is 1. The predicted molar refractivity (Wildman–Crippen MR) is 101 cm³/mol. The minimum absolute atomic E-state index is 0.0205. The Labute approximate surface area is 154 Å². The summed E-state index contributed by atoms with van der Waals surface area (Å²) in [7, 11) is 0. The van der Waals surface area contributed by atoms with Gasteiger partial charge in [0.1, 0.15) is 0 Å². The molecule has 4 nitrogen and oxygen atoms in total. The van der Waals surface area contributed by atoms with Gasteiger partial charge in [0.25, 0.3) is 11.8 Å². The molecule has 0 bridgehead atoms. The molecular weight excluding hydrogens is 392 g/mol. The van der Waals surface area contributed by atoms with Crippen molar-refractivity contribution in [2.45, 2.75) is 13.8 Å². The zero-order chi connectivity index (χ0) is 17.7. The number of rotatable bonds is 5. The van der Waals surface area contributed by atoms with E-state index in [-0.39, 0.29) is 11.8 Å². The molecular formula is C18H18BrClN2O2. The summed E-state index contributed by atoms with van der Waals surface area (Å²) in [4.78, 5) is 26.3. The Bertz CT molecular complexity index is 743. The van der Waals surface area contributed by atoms with Crippen LogP contribution in [0.5, 0.6) is 0 Å². The summed E-state index contributed by atoms with van der Waals surface area (Å²) in [5, 5.41) is 3.16. The molecule has 6 heteroatoms. The number of nitrogens with one attached hydrogen (secondary N) is 1. The number of benzene rings is 2. The third-order valence-electron chi connectivity index (χ3n) is 3.61. The summed E-state index contributed by atoms with van der Waals surface area (Å²) in [6, 6.07) is 11.9. The summed E-state index contributed by atoms with van der Waals surface area (Å²) >= 11 is 9.38. The van der Waals surface area contributed by atoms with Crippen LogP contribution in [0, 0.1) is 0 Å².